The van der Waals surface area contributed by atoms with Crippen LogP contribution < -0.4 is 25.1 Å². The molecule has 0 radical (unpaired) electrons. The number of aromatic nitrogens is 1. The van der Waals surface area contributed by atoms with Gasteiger partial charge in [0.1, 0.15) is 11.4 Å². The highest BCUT2D eigenvalue weighted by molar-refractivity contribution is 5.97. The number of ether oxygens (including phenoxy) is 3. The molecule has 0 amide bonds. The summed E-state index contributed by atoms with van der Waals surface area (Å²) in [5.74, 6) is -1.49. The van der Waals surface area contributed by atoms with E-state index in [0.717, 1.165) is 57.2 Å². The highest BCUT2D eigenvalue weighted by Gasteiger charge is 2.33. The fourth-order valence-electron chi connectivity index (χ4n) is 5.94. The average Bonchev–Trinajstić information content (AvgIpc) is 3.97. The third-order valence-electron chi connectivity index (χ3n) is 8.56. The van der Waals surface area contributed by atoms with Crippen molar-refractivity contribution in [2.45, 2.75) is 57.3 Å². The van der Waals surface area contributed by atoms with Crippen molar-refractivity contribution < 1.29 is 48.4 Å². The number of aromatic amines is 1. The second kappa shape index (κ2) is 19.7. The van der Waals surface area contributed by atoms with Crippen LogP contribution in [-0.4, -0.2) is 78.8 Å². The summed E-state index contributed by atoms with van der Waals surface area (Å²) in [5, 5.41) is 26.3. The molecule has 0 bridgehead atoms. The second-order valence-electron chi connectivity index (χ2n) is 12.3. The van der Waals surface area contributed by atoms with Crippen molar-refractivity contribution in [3.8, 4) is 11.5 Å². The number of hydrogen-bond donors (Lipinski definition) is 3. The number of anilines is 1. The monoisotopic (exact) mass is 743 g/mol. The molecule has 0 atom stereocenters. The van der Waals surface area contributed by atoms with Gasteiger partial charge in [0, 0.05) is 49.4 Å². The van der Waals surface area contributed by atoms with Crippen LogP contribution >= 0.6 is 0 Å². The number of H-pyrrole nitrogens is 1. The average molecular weight is 744 g/mol. The van der Waals surface area contributed by atoms with E-state index in [2.05, 4.69) is 15.1 Å². The fraction of sp³-hybridized carbons (Fsp3) is 0.457. The Kier molecular flexibility index (Phi) is 14.9. The normalized spacial score (nSPS) is 14.0. The highest BCUT2D eigenvalue weighted by Crippen LogP contribution is 2.48. The summed E-state index contributed by atoms with van der Waals surface area (Å²) >= 11 is 0. The van der Waals surface area contributed by atoms with Crippen LogP contribution in [0, 0.1) is 26.0 Å². The Morgan fingerprint density at radius 3 is 2.32 bits per heavy atom. The summed E-state index contributed by atoms with van der Waals surface area (Å²) in [5.41, 5.74) is 1.56. The number of esters is 2. The largest absolute Gasteiger partial charge is 0.493 e. The SMILES string of the molecule is COc1cc(C=CC(=O)OCCCCCCCCO[N+](=O)[O-])ccc1OC(=O)c1c[nH]c2c(C3CC3)c(N3CCNCC3)c(F)cc2c1=O.O=[N+]([O-])O. The van der Waals surface area contributed by atoms with Crippen LogP contribution in [0.5, 0.6) is 11.5 Å². The van der Waals surface area contributed by atoms with Crippen LogP contribution in [-0.2, 0) is 14.4 Å². The van der Waals surface area contributed by atoms with Crippen LogP contribution in [0.2, 0.25) is 0 Å². The Morgan fingerprint density at radius 2 is 1.68 bits per heavy atom. The number of carbonyl (C=O) groups excluding carboxylic acids is 2. The number of piperazine rings is 1. The molecule has 2 heterocycles. The molecule has 2 aromatic carbocycles. The van der Waals surface area contributed by atoms with Crippen molar-refractivity contribution in [2.24, 2.45) is 0 Å². The zero-order valence-electron chi connectivity index (χ0n) is 29.2. The van der Waals surface area contributed by atoms with Gasteiger partial charge in [0.05, 0.1) is 31.5 Å². The lowest BCUT2D eigenvalue weighted by Gasteiger charge is -2.32. The Balaban J connectivity index is 0.00000149. The van der Waals surface area contributed by atoms with Gasteiger partial charge in [-0.2, -0.15) is 0 Å². The number of nitrogens with one attached hydrogen (secondary N) is 2. The number of nitrogens with zero attached hydrogens (tertiary/aromatic N) is 3. The molecule has 286 valence electrons. The molecule has 0 unspecified atom stereocenters. The minimum Gasteiger partial charge on any atom is -0.493 e. The molecule has 3 N–H and O–H groups in total. The van der Waals surface area contributed by atoms with Crippen molar-refractivity contribution >= 4 is 34.6 Å². The number of rotatable bonds is 17. The van der Waals surface area contributed by atoms with Crippen LogP contribution in [0.25, 0.3) is 17.0 Å². The molecule has 53 heavy (non-hydrogen) atoms. The predicted octanol–water partition coefficient (Wildman–Crippen LogP) is 4.94. The molecule has 1 aliphatic carbocycles. The summed E-state index contributed by atoms with van der Waals surface area (Å²) in [6.07, 6.45) is 10.8. The third kappa shape index (κ3) is 11.9. The first-order valence-electron chi connectivity index (χ1n) is 17.2. The van der Waals surface area contributed by atoms with E-state index < -0.39 is 33.4 Å². The summed E-state index contributed by atoms with van der Waals surface area (Å²) in [6.45, 7) is 3.18. The van der Waals surface area contributed by atoms with Gasteiger partial charge >= 0.3 is 11.9 Å². The molecule has 5 rings (SSSR count). The Bertz CT molecular complexity index is 1850. The molecule has 2 fully saturated rings. The third-order valence-corrected chi connectivity index (χ3v) is 8.56. The maximum absolute atomic E-state index is 15.6. The Hall–Kier alpha value is -5.78. The lowest BCUT2D eigenvalue weighted by Crippen LogP contribution is -2.44. The van der Waals surface area contributed by atoms with E-state index in [1.165, 1.54) is 37.6 Å². The first kappa shape index (κ1) is 40.0. The first-order valence-corrected chi connectivity index (χ1v) is 17.2. The molecule has 0 spiro atoms. The minimum atomic E-state index is -1.50. The maximum atomic E-state index is 15.6. The van der Waals surface area contributed by atoms with Crippen LogP contribution in [0.3, 0.4) is 0 Å². The van der Waals surface area contributed by atoms with E-state index in [4.69, 9.17) is 29.5 Å². The van der Waals surface area contributed by atoms with Gasteiger partial charge in [-0.15, -0.1) is 20.2 Å². The molecule has 17 nitrogen and oxygen atoms in total. The fourth-order valence-corrected chi connectivity index (χ4v) is 5.94. The lowest BCUT2D eigenvalue weighted by molar-refractivity contribution is -0.757. The van der Waals surface area contributed by atoms with Crippen LogP contribution in [0.4, 0.5) is 10.1 Å². The van der Waals surface area contributed by atoms with Crippen molar-refractivity contribution in [3.05, 3.63) is 89.5 Å². The molecular weight excluding hydrogens is 701 g/mol. The topological polar surface area (TPSA) is 226 Å². The Morgan fingerprint density at radius 1 is 1.02 bits per heavy atom. The zero-order chi connectivity index (χ0) is 38.3. The lowest BCUT2D eigenvalue weighted by atomic mass is 10.00. The maximum Gasteiger partial charge on any atom is 0.349 e. The van der Waals surface area contributed by atoms with E-state index in [-0.39, 0.29) is 41.6 Å². The number of benzene rings is 2. The second-order valence-corrected chi connectivity index (χ2v) is 12.3. The van der Waals surface area contributed by atoms with Crippen LogP contribution in [0.1, 0.15) is 78.8 Å². The summed E-state index contributed by atoms with van der Waals surface area (Å²) in [7, 11) is 1.40. The van der Waals surface area contributed by atoms with Gasteiger partial charge in [-0.05, 0) is 61.4 Å². The molecule has 3 aromatic rings. The van der Waals surface area contributed by atoms with E-state index >= 15 is 4.39 Å². The van der Waals surface area contributed by atoms with E-state index in [9.17, 15) is 24.5 Å². The summed E-state index contributed by atoms with van der Waals surface area (Å²) in [6, 6.07) is 5.89. The van der Waals surface area contributed by atoms with Gasteiger partial charge in [0.25, 0.3) is 10.2 Å². The Labute approximate surface area is 302 Å². The summed E-state index contributed by atoms with van der Waals surface area (Å²) in [4.78, 5) is 66.8. The molecule has 18 heteroatoms. The summed E-state index contributed by atoms with van der Waals surface area (Å²) < 4.78 is 31.8. The molecule has 2 aliphatic rings. The number of pyridine rings is 1. The molecule has 1 saturated carbocycles. The number of unbranched alkanes of at least 4 members (excludes halogenated alkanes) is 5. The zero-order valence-corrected chi connectivity index (χ0v) is 29.2. The standard InChI is InChI=1S/C35H41FN4O9.HNO3/c1-46-29-20-23(9-13-30(41)47-18-6-4-2-3-5-7-19-48-40(44)45)8-12-28(29)49-35(43)26-22-38-32-25(34(26)42)21-27(36)33(31(32)24-10-11-24)39-16-14-37-15-17-39;2-1(3)4/h8-9,12-13,20-22,24,37H,2-7,10-11,14-19H2,1H3,(H,38,42);(H,2,3,4). The quantitative estimate of drug-likeness (QED) is 0.0416. The van der Waals surface area contributed by atoms with Crippen molar-refractivity contribution in [1.29, 1.82) is 0 Å². The van der Waals surface area contributed by atoms with Gasteiger partial charge in [-0.1, -0.05) is 31.7 Å². The van der Waals surface area contributed by atoms with Gasteiger partial charge in [0.15, 0.2) is 11.5 Å². The van der Waals surface area contributed by atoms with Crippen molar-refractivity contribution in [1.82, 2.24) is 10.3 Å². The van der Waals surface area contributed by atoms with E-state index in [1.807, 2.05) is 4.90 Å². The van der Waals surface area contributed by atoms with Gasteiger partial charge in [0.2, 0.25) is 5.43 Å². The molecule has 1 aliphatic heterocycles. The van der Waals surface area contributed by atoms with Crippen molar-refractivity contribution in [3.63, 3.8) is 0 Å². The number of methoxy groups -OCH3 is 1. The van der Waals surface area contributed by atoms with Gasteiger partial charge in [-0.3, -0.25) is 4.79 Å². The van der Waals surface area contributed by atoms with Gasteiger partial charge in [-0.25, -0.2) is 14.0 Å². The highest BCUT2D eigenvalue weighted by atomic mass is 19.1. The van der Waals surface area contributed by atoms with Crippen LogP contribution in [0.15, 0.2) is 41.3 Å². The number of halogens is 1. The molecular formula is C35H42FN5O12. The number of carbonyl (C=O) groups is 2. The molecule has 1 saturated heterocycles. The van der Waals surface area contributed by atoms with Crippen molar-refractivity contribution in [2.75, 3.05) is 51.4 Å². The van der Waals surface area contributed by atoms with E-state index in [1.54, 1.807) is 12.1 Å². The van der Waals surface area contributed by atoms with E-state index in [0.29, 0.717) is 42.7 Å². The molecule has 1 aromatic heterocycles. The minimum absolute atomic E-state index is 0.0657. The van der Waals surface area contributed by atoms with Gasteiger partial charge < -0.3 is 39.5 Å². The predicted molar refractivity (Wildman–Crippen MR) is 189 cm³/mol. The number of fused-ring (bicyclic) bond motifs is 1. The number of hydrogen-bond acceptors (Lipinski definition) is 13. The smallest absolute Gasteiger partial charge is 0.349 e. The first-order chi connectivity index (χ1) is 25.5.